The van der Waals surface area contributed by atoms with Gasteiger partial charge < -0.3 is 4.90 Å². The summed E-state index contributed by atoms with van der Waals surface area (Å²) in [4.78, 5) is 14.8. The maximum Gasteiger partial charge on any atom is 0.243 e. The molecule has 1 aromatic rings. The number of benzene rings is 1. The van der Waals surface area contributed by atoms with E-state index in [1.54, 1.807) is 0 Å². The quantitative estimate of drug-likeness (QED) is 0.824. The Morgan fingerprint density at radius 2 is 1.60 bits per heavy atom. The topological polar surface area (TPSA) is 57.7 Å². The Morgan fingerprint density at radius 3 is 2.24 bits per heavy atom. The molecular formula is C18H25FN2O3S. The lowest BCUT2D eigenvalue weighted by atomic mass is 9.98. The van der Waals surface area contributed by atoms with Crippen LogP contribution in [0.5, 0.6) is 0 Å². The molecule has 0 bridgehead atoms. The van der Waals surface area contributed by atoms with Crippen LogP contribution < -0.4 is 0 Å². The van der Waals surface area contributed by atoms with Gasteiger partial charge in [0.2, 0.25) is 15.9 Å². The van der Waals surface area contributed by atoms with Gasteiger partial charge in [0.1, 0.15) is 5.82 Å². The van der Waals surface area contributed by atoms with E-state index in [2.05, 4.69) is 0 Å². The van der Waals surface area contributed by atoms with Crippen molar-refractivity contribution in [3.8, 4) is 0 Å². The standard InChI is InChI=1S/C18H25FN2O3S/c19-16-7-9-17(10-8-16)25(23,24)21-13-5-6-15(14-21)18(22)20-11-3-1-2-4-12-20/h7-10,15H,1-6,11-14H2/t15-/m1/s1. The third-order valence-electron chi connectivity index (χ3n) is 5.10. The Kier molecular flexibility index (Phi) is 5.74. The summed E-state index contributed by atoms with van der Waals surface area (Å²) in [5.74, 6) is -0.658. The first kappa shape index (κ1) is 18.3. The zero-order chi connectivity index (χ0) is 17.9. The lowest BCUT2D eigenvalue weighted by Gasteiger charge is -2.34. The van der Waals surface area contributed by atoms with Gasteiger partial charge in [-0.25, -0.2) is 12.8 Å². The van der Waals surface area contributed by atoms with Crippen LogP contribution in [0, 0.1) is 11.7 Å². The minimum Gasteiger partial charge on any atom is -0.342 e. The zero-order valence-electron chi connectivity index (χ0n) is 14.4. The van der Waals surface area contributed by atoms with Crippen LogP contribution in [0.4, 0.5) is 4.39 Å². The number of likely N-dealkylation sites (tertiary alicyclic amines) is 1. The first-order valence-corrected chi connectivity index (χ1v) is 10.5. The maximum absolute atomic E-state index is 13.1. The first-order valence-electron chi connectivity index (χ1n) is 9.03. The molecule has 1 aromatic carbocycles. The normalized spacial score (nSPS) is 23.2. The molecule has 5 nitrogen and oxygen atoms in total. The Balaban J connectivity index is 1.71. The summed E-state index contributed by atoms with van der Waals surface area (Å²) in [6, 6.07) is 4.86. The van der Waals surface area contributed by atoms with Crippen molar-refractivity contribution in [2.45, 2.75) is 43.4 Å². The lowest BCUT2D eigenvalue weighted by molar-refractivity contribution is -0.136. The van der Waals surface area contributed by atoms with E-state index in [1.807, 2.05) is 4.90 Å². The van der Waals surface area contributed by atoms with Crippen molar-refractivity contribution in [1.29, 1.82) is 0 Å². The monoisotopic (exact) mass is 368 g/mol. The van der Waals surface area contributed by atoms with Gasteiger partial charge in [-0.05, 0) is 49.9 Å². The van der Waals surface area contributed by atoms with Crippen molar-refractivity contribution in [1.82, 2.24) is 9.21 Å². The first-order chi connectivity index (χ1) is 12.0. The summed E-state index contributed by atoms with van der Waals surface area (Å²) in [7, 11) is -3.69. The Labute approximate surface area is 148 Å². The number of halogens is 1. The molecule has 0 saturated carbocycles. The van der Waals surface area contributed by atoms with Gasteiger partial charge in [0, 0.05) is 26.2 Å². The second-order valence-electron chi connectivity index (χ2n) is 6.90. The molecule has 2 aliphatic rings. The summed E-state index contributed by atoms with van der Waals surface area (Å²) in [5.41, 5.74) is 0. The van der Waals surface area contributed by atoms with Crippen LogP contribution in [-0.4, -0.2) is 49.7 Å². The Bertz CT molecular complexity index is 698. The van der Waals surface area contributed by atoms with Gasteiger partial charge >= 0.3 is 0 Å². The van der Waals surface area contributed by atoms with Crippen LogP contribution in [0.2, 0.25) is 0 Å². The zero-order valence-corrected chi connectivity index (χ0v) is 15.2. The minimum absolute atomic E-state index is 0.0803. The smallest absolute Gasteiger partial charge is 0.243 e. The van der Waals surface area contributed by atoms with Gasteiger partial charge in [-0.2, -0.15) is 4.31 Å². The van der Waals surface area contributed by atoms with Crippen LogP contribution in [0.25, 0.3) is 0 Å². The summed E-state index contributed by atoms with van der Waals surface area (Å²) in [6.07, 6.45) is 5.75. The Morgan fingerprint density at radius 1 is 0.960 bits per heavy atom. The third kappa shape index (κ3) is 4.20. The molecule has 0 spiro atoms. The molecule has 0 radical (unpaired) electrons. The number of carbonyl (C=O) groups is 1. The van der Waals surface area contributed by atoms with Crippen LogP contribution in [0.15, 0.2) is 29.2 Å². The van der Waals surface area contributed by atoms with Crippen molar-refractivity contribution in [3.05, 3.63) is 30.1 Å². The predicted octanol–water partition coefficient (Wildman–Crippen LogP) is 2.63. The number of carbonyl (C=O) groups excluding carboxylic acids is 1. The minimum atomic E-state index is -3.69. The SMILES string of the molecule is O=C([C@@H]1CCCN(S(=O)(=O)c2ccc(F)cc2)C1)N1CCCCCC1. The van der Waals surface area contributed by atoms with Gasteiger partial charge in [0.25, 0.3) is 0 Å². The molecular weight excluding hydrogens is 343 g/mol. The molecule has 3 rings (SSSR count). The van der Waals surface area contributed by atoms with E-state index >= 15 is 0 Å². The van der Waals surface area contributed by atoms with Gasteiger partial charge in [-0.15, -0.1) is 0 Å². The molecule has 0 N–H and O–H groups in total. The number of rotatable bonds is 3. The fraction of sp³-hybridized carbons (Fsp3) is 0.611. The molecule has 1 atom stereocenters. The molecule has 7 heteroatoms. The summed E-state index contributed by atoms with van der Waals surface area (Å²) in [6.45, 7) is 2.18. The highest BCUT2D eigenvalue weighted by molar-refractivity contribution is 7.89. The highest BCUT2D eigenvalue weighted by atomic mass is 32.2. The number of amides is 1. The van der Waals surface area contributed by atoms with E-state index in [4.69, 9.17) is 0 Å². The fourth-order valence-electron chi connectivity index (χ4n) is 3.67. The molecule has 2 fully saturated rings. The molecule has 2 saturated heterocycles. The van der Waals surface area contributed by atoms with Crippen molar-refractivity contribution < 1.29 is 17.6 Å². The van der Waals surface area contributed by atoms with Crippen molar-refractivity contribution in [3.63, 3.8) is 0 Å². The summed E-state index contributed by atoms with van der Waals surface area (Å²) < 4.78 is 40.0. The molecule has 2 aliphatic heterocycles. The van der Waals surface area contributed by atoms with Gasteiger partial charge in [-0.1, -0.05) is 12.8 Å². The van der Waals surface area contributed by atoms with Crippen LogP contribution >= 0.6 is 0 Å². The fourth-order valence-corrected chi connectivity index (χ4v) is 5.19. The van der Waals surface area contributed by atoms with Crippen LogP contribution in [0.3, 0.4) is 0 Å². The van der Waals surface area contributed by atoms with Crippen LogP contribution in [0.1, 0.15) is 38.5 Å². The van der Waals surface area contributed by atoms with Gasteiger partial charge in [-0.3, -0.25) is 4.79 Å². The number of nitrogens with zero attached hydrogens (tertiary/aromatic N) is 2. The molecule has 25 heavy (non-hydrogen) atoms. The second kappa shape index (κ2) is 7.83. The van der Waals surface area contributed by atoms with Crippen molar-refractivity contribution >= 4 is 15.9 Å². The summed E-state index contributed by atoms with van der Waals surface area (Å²) in [5, 5.41) is 0. The average molecular weight is 368 g/mol. The molecule has 138 valence electrons. The number of sulfonamides is 1. The van der Waals surface area contributed by atoms with E-state index in [0.29, 0.717) is 13.0 Å². The van der Waals surface area contributed by atoms with E-state index in [9.17, 15) is 17.6 Å². The largest absolute Gasteiger partial charge is 0.342 e. The van der Waals surface area contributed by atoms with E-state index in [0.717, 1.165) is 57.3 Å². The van der Waals surface area contributed by atoms with Gasteiger partial charge in [0.15, 0.2) is 0 Å². The number of hydrogen-bond acceptors (Lipinski definition) is 3. The van der Waals surface area contributed by atoms with Crippen molar-refractivity contribution in [2.75, 3.05) is 26.2 Å². The molecule has 0 aromatic heterocycles. The molecule has 2 heterocycles. The second-order valence-corrected chi connectivity index (χ2v) is 8.83. The van der Waals surface area contributed by atoms with E-state index in [1.165, 1.54) is 16.4 Å². The van der Waals surface area contributed by atoms with Gasteiger partial charge in [0.05, 0.1) is 10.8 Å². The number of piperidine rings is 1. The third-order valence-corrected chi connectivity index (χ3v) is 6.98. The molecule has 0 aliphatic carbocycles. The van der Waals surface area contributed by atoms with E-state index < -0.39 is 15.8 Å². The maximum atomic E-state index is 13.1. The summed E-state index contributed by atoms with van der Waals surface area (Å²) >= 11 is 0. The predicted molar refractivity (Wildman–Crippen MR) is 92.9 cm³/mol. The van der Waals surface area contributed by atoms with Crippen LogP contribution in [-0.2, 0) is 14.8 Å². The molecule has 0 unspecified atom stereocenters. The average Bonchev–Trinajstić information content (AvgIpc) is 2.91. The lowest BCUT2D eigenvalue weighted by Crippen LogP contribution is -2.46. The van der Waals surface area contributed by atoms with E-state index in [-0.39, 0.29) is 23.3 Å². The highest BCUT2D eigenvalue weighted by Crippen LogP contribution is 2.26. The Hall–Kier alpha value is -1.47. The molecule has 1 amide bonds. The number of hydrogen-bond donors (Lipinski definition) is 0. The highest BCUT2D eigenvalue weighted by Gasteiger charge is 2.35. The van der Waals surface area contributed by atoms with Crippen molar-refractivity contribution in [2.24, 2.45) is 5.92 Å².